The third-order valence-corrected chi connectivity index (χ3v) is 4.19. The van der Waals surface area contributed by atoms with Crippen molar-refractivity contribution in [3.63, 3.8) is 0 Å². The molecule has 3 rings (SSSR count). The minimum absolute atomic E-state index is 0.144. The van der Waals surface area contributed by atoms with Crippen molar-refractivity contribution >= 4 is 29.4 Å². The summed E-state index contributed by atoms with van der Waals surface area (Å²) in [7, 11) is 0. The molecule has 0 bridgehead atoms. The Bertz CT molecular complexity index is 717. The van der Waals surface area contributed by atoms with Crippen LogP contribution in [0, 0.1) is 0 Å². The number of urea groups is 1. The van der Waals surface area contributed by atoms with Crippen molar-refractivity contribution in [2.75, 3.05) is 4.90 Å². The summed E-state index contributed by atoms with van der Waals surface area (Å²) < 4.78 is 0. The zero-order valence-corrected chi connectivity index (χ0v) is 12.5. The van der Waals surface area contributed by atoms with Gasteiger partial charge in [0.1, 0.15) is 12.2 Å². The summed E-state index contributed by atoms with van der Waals surface area (Å²) in [5.41, 5.74) is 6.18. The van der Waals surface area contributed by atoms with Crippen LogP contribution in [0.3, 0.4) is 0 Å². The van der Waals surface area contributed by atoms with Crippen LogP contribution in [0.2, 0.25) is 0 Å². The SMILES string of the molecule is CC1N(C(N)=O)c2ccccc2C(=O)N1C1CCC(=O)NC1=O. The molecule has 1 saturated heterocycles. The molecule has 0 aromatic heterocycles. The van der Waals surface area contributed by atoms with Crippen molar-refractivity contribution in [2.24, 2.45) is 5.73 Å². The van der Waals surface area contributed by atoms with Crippen LogP contribution in [0.5, 0.6) is 0 Å². The first-order valence-corrected chi connectivity index (χ1v) is 7.26. The van der Waals surface area contributed by atoms with Gasteiger partial charge in [0.05, 0.1) is 11.3 Å². The lowest BCUT2D eigenvalue weighted by atomic mass is 9.99. The highest BCUT2D eigenvalue weighted by Gasteiger charge is 2.44. The quantitative estimate of drug-likeness (QED) is 0.719. The number of carbonyl (C=O) groups excluding carboxylic acids is 4. The topological polar surface area (TPSA) is 113 Å². The molecule has 8 heteroatoms. The first-order chi connectivity index (χ1) is 10.9. The molecule has 2 atom stereocenters. The first-order valence-electron chi connectivity index (χ1n) is 7.26. The van der Waals surface area contributed by atoms with Crippen LogP contribution in [0.15, 0.2) is 24.3 Å². The Morgan fingerprint density at radius 1 is 1.26 bits per heavy atom. The van der Waals surface area contributed by atoms with E-state index in [-0.39, 0.29) is 24.7 Å². The largest absolute Gasteiger partial charge is 0.351 e. The monoisotopic (exact) mass is 316 g/mol. The van der Waals surface area contributed by atoms with Gasteiger partial charge in [-0.2, -0.15) is 0 Å². The molecule has 120 valence electrons. The second-order valence-corrected chi connectivity index (χ2v) is 5.54. The van der Waals surface area contributed by atoms with E-state index in [4.69, 9.17) is 5.73 Å². The molecule has 2 aliphatic rings. The van der Waals surface area contributed by atoms with Crippen LogP contribution in [-0.4, -0.2) is 40.9 Å². The minimum atomic E-state index is -0.814. The van der Waals surface area contributed by atoms with Gasteiger partial charge in [-0.1, -0.05) is 12.1 Å². The van der Waals surface area contributed by atoms with Crippen molar-refractivity contribution in [1.82, 2.24) is 10.2 Å². The second-order valence-electron chi connectivity index (χ2n) is 5.54. The van der Waals surface area contributed by atoms with Crippen LogP contribution in [0.4, 0.5) is 10.5 Å². The Balaban J connectivity index is 2.05. The van der Waals surface area contributed by atoms with E-state index in [0.717, 1.165) is 0 Å². The van der Waals surface area contributed by atoms with Gasteiger partial charge in [-0.15, -0.1) is 0 Å². The fourth-order valence-electron chi connectivity index (χ4n) is 3.15. The molecule has 1 aromatic carbocycles. The summed E-state index contributed by atoms with van der Waals surface area (Å²) in [4.78, 5) is 50.7. The van der Waals surface area contributed by atoms with Gasteiger partial charge in [0, 0.05) is 6.42 Å². The lowest BCUT2D eigenvalue weighted by Gasteiger charge is -2.45. The molecule has 0 aliphatic carbocycles. The van der Waals surface area contributed by atoms with E-state index in [2.05, 4.69) is 5.32 Å². The summed E-state index contributed by atoms with van der Waals surface area (Å²) >= 11 is 0. The summed E-state index contributed by atoms with van der Waals surface area (Å²) in [5.74, 6) is -1.26. The van der Waals surface area contributed by atoms with Crippen molar-refractivity contribution in [2.45, 2.75) is 32.0 Å². The van der Waals surface area contributed by atoms with E-state index in [1.165, 1.54) is 9.80 Å². The zero-order chi connectivity index (χ0) is 16.7. The molecule has 2 heterocycles. The number of anilines is 1. The van der Waals surface area contributed by atoms with Gasteiger partial charge in [0.25, 0.3) is 5.91 Å². The predicted octanol–water partition coefficient (Wildman–Crippen LogP) is 0.179. The average molecular weight is 316 g/mol. The molecule has 5 amide bonds. The number of piperidine rings is 1. The molecule has 0 saturated carbocycles. The number of rotatable bonds is 1. The van der Waals surface area contributed by atoms with Crippen molar-refractivity contribution in [3.8, 4) is 0 Å². The van der Waals surface area contributed by atoms with Crippen molar-refractivity contribution in [1.29, 1.82) is 0 Å². The van der Waals surface area contributed by atoms with Gasteiger partial charge >= 0.3 is 6.03 Å². The first kappa shape index (κ1) is 15.0. The summed E-state index contributed by atoms with van der Waals surface area (Å²) in [6.45, 7) is 1.63. The minimum Gasteiger partial charge on any atom is -0.351 e. The average Bonchev–Trinajstić information content (AvgIpc) is 2.49. The number of para-hydroxylation sites is 1. The molecule has 0 spiro atoms. The number of nitrogens with zero attached hydrogens (tertiary/aromatic N) is 2. The summed E-state index contributed by atoms with van der Waals surface area (Å²) in [6, 6.07) is 5.07. The Hall–Kier alpha value is -2.90. The maximum atomic E-state index is 12.8. The van der Waals surface area contributed by atoms with E-state index in [9.17, 15) is 19.2 Å². The lowest BCUT2D eigenvalue weighted by Crippen LogP contribution is -2.64. The Kier molecular flexibility index (Phi) is 3.51. The third-order valence-electron chi connectivity index (χ3n) is 4.19. The zero-order valence-electron chi connectivity index (χ0n) is 12.5. The highest BCUT2D eigenvalue weighted by atomic mass is 16.2. The standard InChI is InChI=1S/C15H16N4O4/c1-8-18(11-6-7-12(20)17-13(11)21)14(22)9-4-2-3-5-10(9)19(8)15(16)23/h2-5,8,11H,6-7H2,1H3,(H2,16,23)(H,17,20,21). The number of hydrogen-bond acceptors (Lipinski definition) is 4. The number of carbonyl (C=O) groups is 4. The van der Waals surface area contributed by atoms with Gasteiger partial charge in [0.15, 0.2) is 0 Å². The molecular weight excluding hydrogens is 300 g/mol. The summed E-state index contributed by atoms with van der Waals surface area (Å²) in [5, 5.41) is 2.23. The van der Waals surface area contributed by atoms with Crippen LogP contribution in [0.1, 0.15) is 30.1 Å². The molecule has 1 aromatic rings. The van der Waals surface area contributed by atoms with Gasteiger partial charge in [-0.3, -0.25) is 24.6 Å². The molecule has 2 aliphatic heterocycles. The Labute approximate surface area is 132 Å². The van der Waals surface area contributed by atoms with Crippen LogP contribution < -0.4 is 16.0 Å². The highest BCUT2D eigenvalue weighted by molar-refractivity contribution is 6.10. The van der Waals surface area contributed by atoms with Crippen LogP contribution in [0.25, 0.3) is 0 Å². The molecule has 1 fully saturated rings. The fourth-order valence-corrected chi connectivity index (χ4v) is 3.15. The van der Waals surface area contributed by atoms with Crippen molar-refractivity contribution in [3.05, 3.63) is 29.8 Å². The maximum Gasteiger partial charge on any atom is 0.320 e. The van der Waals surface area contributed by atoms with Crippen molar-refractivity contribution < 1.29 is 19.2 Å². The molecule has 2 unspecified atom stereocenters. The van der Waals surface area contributed by atoms with E-state index in [1.54, 1.807) is 31.2 Å². The number of imide groups is 1. The molecule has 23 heavy (non-hydrogen) atoms. The van der Waals surface area contributed by atoms with E-state index in [1.807, 2.05) is 0 Å². The Morgan fingerprint density at radius 3 is 2.61 bits per heavy atom. The number of benzene rings is 1. The normalized spacial score (nSPS) is 24.3. The second kappa shape index (κ2) is 5.38. The Morgan fingerprint density at radius 2 is 1.96 bits per heavy atom. The highest BCUT2D eigenvalue weighted by Crippen LogP contribution is 2.33. The number of hydrogen-bond donors (Lipinski definition) is 2. The number of nitrogens with one attached hydrogen (secondary N) is 1. The van der Waals surface area contributed by atoms with Gasteiger partial charge in [0.2, 0.25) is 11.8 Å². The van der Waals surface area contributed by atoms with E-state index >= 15 is 0 Å². The molecular formula is C15H16N4O4. The van der Waals surface area contributed by atoms with E-state index in [0.29, 0.717) is 11.3 Å². The fraction of sp³-hybridized carbons (Fsp3) is 0.333. The molecule has 3 N–H and O–H groups in total. The third kappa shape index (κ3) is 2.32. The lowest BCUT2D eigenvalue weighted by molar-refractivity contribution is -0.137. The number of nitrogens with two attached hydrogens (primary N) is 1. The number of primary amides is 1. The van der Waals surface area contributed by atoms with Gasteiger partial charge in [-0.25, -0.2) is 4.79 Å². The van der Waals surface area contributed by atoms with Crippen LogP contribution >= 0.6 is 0 Å². The maximum absolute atomic E-state index is 12.8. The van der Waals surface area contributed by atoms with Crippen LogP contribution in [-0.2, 0) is 9.59 Å². The van der Waals surface area contributed by atoms with E-state index < -0.39 is 24.1 Å². The van der Waals surface area contributed by atoms with Gasteiger partial charge < -0.3 is 10.6 Å². The number of amides is 5. The predicted molar refractivity (Wildman–Crippen MR) is 80.3 cm³/mol. The molecule has 8 nitrogen and oxygen atoms in total. The smallest absolute Gasteiger partial charge is 0.320 e. The number of fused-ring (bicyclic) bond motifs is 1. The molecule has 0 radical (unpaired) electrons. The van der Waals surface area contributed by atoms with Gasteiger partial charge in [-0.05, 0) is 25.5 Å². The summed E-state index contributed by atoms with van der Waals surface area (Å²) in [6.07, 6.45) is -0.362.